The summed E-state index contributed by atoms with van der Waals surface area (Å²) in [5.41, 5.74) is 3.39. The lowest BCUT2D eigenvalue weighted by atomic mass is 10.0. The van der Waals surface area contributed by atoms with Crippen LogP contribution < -0.4 is 10.1 Å². The van der Waals surface area contributed by atoms with Gasteiger partial charge >= 0.3 is 0 Å². The highest BCUT2D eigenvalue weighted by Crippen LogP contribution is 2.39. The Morgan fingerprint density at radius 3 is 2.86 bits per heavy atom. The maximum Gasteiger partial charge on any atom is 0.280 e. The van der Waals surface area contributed by atoms with E-state index in [1.165, 1.54) is 18.2 Å². The van der Waals surface area contributed by atoms with E-state index in [4.69, 9.17) is 13.8 Å². The molecule has 144 valence electrons. The number of hydrogen-bond acceptors (Lipinski definition) is 6. The zero-order valence-corrected chi connectivity index (χ0v) is 15.2. The van der Waals surface area contributed by atoms with Gasteiger partial charge in [0.2, 0.25) is 5.88 Å². The van der Waals surface area contributed by atoms with Crippen LogP contribution >= 0.6 is 0 Å². The third-order valence-electron chi connectivity index (χ3n) is 4.62. The third kappa shape index (κ3) is 3.04. The van der Waals surface area contributed by atoms with E-state index in [0.717, 1.165) is 11.1 Å². The molecule has 0 spiro atoms. The second kappa shape index (κ2) is 6.59. The molecule has 29 heavy (non-hydrogen) atoms. The van der Waals surface area contributed by atoms with Crippen molar-refractivity contribution in [3.63, 3.8) is 0 Å². The van der Waals surface area contributed by atoms with Gasteiger partial charge in [0.1, 0.15) is 23.9 Å². The fraction of sp³-hybridized carbons (Fsp3) is 0.0952. The minimum atomic E-state index is -0.517. The molecule has 5 rings (SSSR count). The first-order valence-corrected chi connectivity index (χ1v) is 8.85. The van der Waals surface area contributed by atoms with E-state index < -0.39 is 5.91 Å². The number of nitrogens with one attached hydrogen (secondary N) is 1. The molecule has 0 saturated heterocycles. The molecular formula is C21H14FN3O4. The van der Waals surface area contributed by atoms with Crippen LogP contribution in [0, 0.1) is 12.7 Å². The molecule has 0 aliphatic carbocycles. The molecule has 0 unspecified atom stereocenters. The van der Waals surface area contributed by atoms with E-state index >= 15 is 0 Å². The summed E-state index contributed by atoms with van der Waals surface area (Å²) in [6.07, 6.45) is 0. The number of rotatable bonds is 3. The number of benzene rings is 2. The molecular weight excluding hydrogens is 377 g/mol. The monoisotopic (exact) mass is 391 g/mol. The Hall–Kier alpha value is -3.94. The van der Waals surface area contributed by atoms with Gasteiger partial charge in [0.25, 0.3) is 5.91 Å². The largest absolute Gasteiger partial charge is 0.488 e. The number of anilines is 1. The molecule has 2 aromatic heterocycles. The summed E-state index contributed by atoms with van der Waals surface area (Å²) in [5, 5.41) is 10.4. The van der Waals surface area contributed by atoms with Crippen molar-refractivity contribution >= 4 is 11.8 Å². The van der Waals surface area contributed by atoms with E-state index in [2.05, 4.69) is 15.6 Å². The average Bonchev–Trinajstić information content (AvgIpc) is 3.35. The number of fused-ring (bicyclic) bond motifs is 3. The summed E-state index contributed by atoms with van der Waals surface area (Å²) in [6, 6.07) is 13.1. The van der Waals surface area contributed by atoms with Crippen molar-refractivity contribution in [2.24, 2.45) is 0 Å². The Labute approximate surface area is 164 Å². The van der Waals surface area contributed by atoms with Gasteiger partial charge in [-0.2, -0.15) is 0 Å². The van der Waals surface area contributed by atoms with Crippen molar-refractivity contribution < 1.29 is 23.0 Å². The quantitative estimate of drug-likeness (QED) is 0.549. The maximum atomic E-state index is 13.4. The van der Waals surface area contributed by atoms with Crippen LogP contribution in [0.15, 0.2) is 57.6 Å². The van der Waals surface area contributed by atoms with Crippen LogP contribution in [-0.4, -0.2) is 16.2 Å². The van der Waals surface area contributed by atoms with E-state index in [9.17, 15) is 9.18 Å². The number of nitrogens with zero attached hydrogens (tertiary/aromatic N) is 2. The lowest BCUT2D eigenvalue weighted by Gasteiger charge is -2.16. The van der Waals surface area contributed by atoms with Crippen molar-refractivity contribution in [3.8, 4) is 28.3 Å². The zero-order chi connectivity index (χ0) is 20.0. The van der Waals surface area contributed by atoms with Gasteiger partial charge in [-0.15, -0.1) is 0 Å². The Morgan fingerprint density at radius 1 is 1.10 bits per heavy atom. The molecule has 2 aromatic carbocycles. The summed E-state index contributed by atoms with van der Waals surface area (Å²) in [7, 11) is 0. The van der Waals surface area contributed by atoms with Crippen LogP contribution in [0.5, 0.6) is 5.75 Å². The highest BCUT2D eigenvalue weighted by Gasteiger charge is 2.29. The Balaban J connectivity index is 1.41. The van der Waals surface area contributed by atoms with Gasteiger partial charge in [-0.1, -0.05) is 34.1 Å². The van der Waals surface area contributed by atoms with Crippen LogP contribution in [0.2, 0.25) is 0 Å². The molecule has 0 fully saturated rings. The van der Waals surface area contributed by atoms with Crippen LogP contribution in [0.3, 0.4) is 0 Å². The smallest absolute Gasteiger partial charge is 0.280 e. The molecule has 4 aromatic rings. The van der Waals surface area contributed by atoms with Gasteiger partial charge in [0.15, 0.2) is 11.5 Å². The van der Waals surface area contributed by atoms with Crippen molar-refractivity contribution in [1.82, 2.24) is 10.3 Å². The number of halogens is 1. The second-order valence-corrected chi connectivity index (χ2v) is 6.67. The fourth-order valence-electron chi connectivity index (χ4n) is 3.22. The summed E-state index contributed by atoms with van der Waals surface area (Å²) in [6.45, 7) is 2.13. The number of ether oxygens (including phenoxy) is 1. The first-order chi connectivity index (χ1) is 14.1. The maximum absolute atomic E-state index is 13.4. The van der Waals surface area contributed by atoms with Gasteiger partial charge in [0.05, 0.1) is 11.1 Å². The van der Waals surface area contributed by atoms with Crippen LogP contribution in [0.4, 0.5) is 10.3 Å². The van der Waals surface area contributed by atoms with E-state index in [1.807, 2.05) is 25.1 Å². The molecule has 1 aliphatic rings. The third-order valence-corrected chi connectivity index (χ3v) is 4.62. The first kappa shape index (κ1) is 17.2. The Kier molecular flexibility index (Phi) is 3.90. The van der Waals surface area contributed by atoms with Gasteiger partial charge in [0, 0.05) is 11.6 Å². The van der Waals surface area contributed by atoms with E-state index in [-0.39, 0.29) is 24.0 Å². The van der Waals surface area contributed by atoms with E-state index in [0.29, 0.717) is 28.3 Å². The SMILES string of the molecule is Cc1ccc2c(c1)-c1onc(C(=O)Nc3cc(-c4cccc(F)c4)no3)c1CO2. The molecule has 0 saturated carbocycles. The summed E-state index contributed by atoms with van der Waals surface area (Å²) >= 11 is 0. The van der Waals surface area contributed by atoms with Crippen molar-refractivity contribution in [1.29, 1.82) is 0 Å². The number of carbonyl (C=O) groups is 1. The fourth-order valence-corrected chi connectivity index (χ4v) is 3.22. The van der Waals surface area contributed by atoms with Crippen molar-refractivity contribution in [2.45, 2.75) is 13.5 Å². The molecule has 0 bridgehead atoms. The molecule has 0 atom stereocenters. The van der Waals surface area contributed by atoms with Crippen LogP contribution in [-0.2, 0) is 6.61 Å². The van der Waals surface area contributed by atoms with Crippen molar-refractivity contribution in [3.05, 3.63) is 71.2 Å². The minimum Gasteiger partial charge on any atom is -0.488 e. The predicted octanol–water partition coefficient (Wildman–Crippen LogP) is 4.59. The molecule has 8 heteroatoms. The normalized spacial score (nSPS) is 12.1. The Morgan fingerprint density at radius 2 is 2.00 bits per heavy atom. The number of carbonyl (C=O) groups excluding carboxylic acids is 1. The van der Waals surface area contributed by atoms with Crippen LogP contribution in [0.25, 0.3) is 22.6 Å². The van der Waals surface area contributed by atoms with Gasteiger partial charge in [-0.3, -0.25) is 10.1 Å². The van der Waals surface area contributed by atoms with E-state index in [1.54, 1.807) is 12.1 Å². The average molecular weight is 391 g/mol. The summed E-state index contributed by atoms with van der Waals surface area (Å²) in [5.74, 6) is 0.399. The summed E-state index contributed by atoms with van der Waals surface area (Å²) in [4.78, 5) is 12.7. The highest BCUT2D eigenvalue weighted by atomic mass is 19.1. The number of hydrogen-bond donors (Lipinski definition) is 1. The van der Waals surface area contributed by atoms with Gasteiger partial charge in [-0.05, 0) is 31.2 Å². The number of amides is 1. The first-order valence-electron chi connectivity index (χ1n) is 8.85. The standard InChI is InChI=1S/C21H14FN3O4/c1-11-5-6-17-14(7-11)20-15(10-27-17)19(25-29-20)21(26)23-18-9-16(24-28-18)12-3-2-4-13(22)8-12/h2-9H,10H2,1H3,(H,23,26). The minimum absolute atomic E-state index is 0.107. The zero-order valence-electron chi connectivity index (χ0n) is 15.2. The van der Waals surface area contributed by atoms with Crippen LogP contribution in [0.1, 0.15) is 21.6 Å². The molecule has 0 radical (unpaired) electrons. The second-order valence-electron chi connectivity index (χ2n) is 6.67. The molecule has 1 amide bonds. The topological polar surface area (TPSA) is 90.4 Å². The van der Waals surface area contributed by atoms with Crippen molar-refractivity contribution in [2.75, 3.05) is 5.32 Å². The lowest BCUT2D eigenvalue weighted by molar-refractivity contribution is 0.101. The van der Waals surface area contributed by atoms with Gasteiger partial charge < -0.3 is 13.8 Å². The molecule has 1 aliphatic heterocycles. The highest BCUT2D eigenvalue weighted by molar-refractivity contribution is 6.04. The number of aromatic nitrogens is 2. The molecule has 7 nitrogen and oxygen atoms in total. The lowest BCUT2D eigenvalue weighted by Crippen LogP contribution is -2.16. The molecule has 3 heterocycles. The number of aryl methyl sites for hydroxylation is 1. The van der Waals surface area contributed by atoms with Gasteiger partial charge in [-0.25, -0.2) is 4.39 Å². The Bertz CT molecular complexity index is 1240. The summed E-state index contributed by atoms with van der Waals surface area (Å²) < 4.78 is 29.7. The molecule has 1 N–H and O–H groups in total. The predicted molar refractivity (Wildman–Crippen MR) is 101 cm³/mol.